The number of allylic oxidation sites excluding steroid dienone is 2. The Kier molecular flexibility index (Phi) is 4.04. The second-order valence-electron chi connectivity index (χ2n) is 3.18. The van der Waals surface area contributed by atoms with Crippen LogP contribution in [-0.2, 0) is 0 Å². The molecule has 0 aromatic heterocycles. The maximum absolute atomic E-state index is 3.69. The molecule has 0 atom stereocenters. The van der Waals surface area contributed by atoms with Gasteiger partial charge >= 0.3 is 0 Å². The Bertz CT molecular complexity index is 295. The van der Waals surface area contributed by atoms with E-state index in [1.165, 1.54) is 11.1 Å². The Hall–Kier alpha value is -1.30. The van der Waals surface area contributed by atoms with Gasteiger partial charge in [0.15, 0.2) is 0 Å². The van der Waals surface area contributed by atoms with Crippen molar-refractivity contribution in [3.05, 3.63) is 54.1 Å². The van der Waals surface area contributed by atoms with Gasteiger partial charge in [-0.1, -0.05) is 48.1 Å². The molecular formula is C13H16. The molecule has 1 rings (SSSR count). The van der Waals surface area contributed by atoms with Gasteiger partial charge in [-0.15, -0.1) is 6.58 Å². The lowest BCUT2D eigenvalue weighted by molar-refractivity contribution is 1.06. The van der Waals surface area contributed by atoms with E-state index in [4.69, 9.17) is 0 Å². The number of rotatable bonds is 4. The van der Waals surface area contributed by atoms with Crippen molar-refractivity contribution in [1.29, 1.82) is 0 Å². The van der Waals surface area contributed by atoms with Gasteiger partial charge in [-0.2, -0.15) is 0 Å². The summed E-state index contributed by atoms with van der Waals surface area (Å²) in [5.41, 5.74) is 2.59. The van der Waals surface area contributed by atoms with E-state index in [2.05, 4.69) is 49.9 Å². The average molecular weight is 172 g/mol. The average Bonchev–Trinajstić information content (AvgIpc) is 2.13. The van der Waals surface area contributed by atoms with E-state index >= 15 is 0 Å². The maximum atomic E-state index is 3.69. The lowest BCUT2D eigenvalue weighted by atomic mass is 10.1. The summed E-state index contributed by atoms with van der Waals surface area (Å²) in [7, 11) is 0. The van der Waals surface area contributed by atoms with Crippen LogP contribution >= 0.6 is 0 Å². The summed E-state index contributed by atoms with van der Waals surface area (Å²) in [6.07, 6.45) is 8.44. The molecule has 0 amide bonds. The minimum absolute atomic E-state index is 1.06. The van der Waals surface area contributed by atoms with E-state index < -0.39 is 0 Å². The predicted octanol–water partition coefficient (Wildman–Crippen LogP) is 3.97. The molecular weight excluding hydrogens is 156 g/mol. The Morgan fingerprint density at radius 1 is 1.31 bits per heavy atom. The van der Waals surface area contributed by atoms with E-state index in [-0.39, 0.29) is 0 Å². The smallest absolute Gasteiger partial charge is 0.0257 e. The fraction of sp³-hybridized carbons (Fsp3) is 0.231. The van der Waals surface area contributed by atoms with E-state index in [1.807, 2.05) is 6.08 Å². The largest absolute Gasteiger partial charge is 0.103 e. The molecule has 0 aliphatic rings. The number of hydrogen-bond acceptors (Lipinski definition) is 0. The highest BCUT2D eigenvalue weighted by Crippen LogP contribution is 2.06. The van der Waals surface area contributed by atoms with Crippen molar-refractivity contribution in [3.63, 3.8) is 0 Å². The topological polar surface area (TPSA) is 0 Å². The molecule has 0 spiro atoms. The third kappa shape index (κ3) is 3.75. The predicted molar refractivity (Wildman–Crippen MR) is 59.6 cm³/mol. The molecule has 0 radical (unpaired) electrons. The standard InChI is InChI=1S/C13H16/c1-3-4-5-6-9-13-10-7-8-12(2)11-13/h3,6-11H,1,4-5H2,2H3/b9-6+. The molecule has 0 nitrogen and oxygen atoms in total. The van der Waals surface area contributed by atoms with Crippen molar-refractivity contribution in [2.45, 2.75) is 19.8 Å². The Morgan fingerprint density at radius 3 is 2.85 bits per heavy atom. The van der Waals surface area contributed by atoms with Crippen LogP contribution in [0.25, 0.3) is 6.08 Å². The number of aryl methyl sites for hydroxylation is 1. The van der Waals surface area contributed by atoms with E-state index in [1.54, 1.807) is 0 Å². The first-order valence-corrected chi connectivity index (χ1v) is 4.67. The zero-order valence-corrected chi connectivity index (χ0v) is 8.16. The molecule has 0 saturated heterocycles. The first-order chi connectivity index (χ1) is 6.33. The van der Waals surface area contributed by atoms with Crippen LogP contribution in [0.4, 0.5) is 0 Å². The second kappa shape index (κ2) is 5.36. The summed E-state index contributed by atoms with van der Waals surface area (Å²) < 4.78 is 0. The summed E-state index contributed by atoms with van der Waals surface area (Å²) in [5.74, 6) is 0. The van der Waals surface area contributed by atoms with Crippen molar-refractivity contribution in [2.75, 3.05) is 0 Å². The highest BCUT2D eigenvalue weighted by Gasteiger charge is 1.85. The SMILES string of the molecule is C=CCC/C=C/c1cccc(C)c1. The normalized spacial score (nSPS) is 10.5. The Balaban J connectivity index is 2.53. The summed E-state index contributed by atoms with van der Waals surface area (Å²) in [6.45, 7) is 5.80. The molecule has 0 aliphatic carbocycles. The van der Waals surface area contributed by atoms with Crippen LogP contribution in [0.3, 0.4) is 0 Å². The van der Waals surface area contributed by atoms with Gasteiger partial charge < -0.3 is 0 Å². The summed E-state index contributed by atoms with van der Waals surface area (Å²) in [4.78, 5) is 0. The molecule has 0 heterocycles. The molecule has 1 aromatic rings. The van der Waals surface area contributed by atoms with E-state index in [0.29, 0.717) is 0 Å². The zero-order chi connectivity index (χ0) is 9.52. The van der Waals surface area contributed by atoms with Crippen LogP contribution in [0.1, 0.15) is 24.0 Å². The first kappa shape index (κ1) is 9.79. The van der Waals surface area contributed by atoms with E-state index in [0.717, 1.165) is 12.8 Å². The van der Waals surface area contributed by atoms with Crippen molar-refractivity contribution >= 4 is 6.08 Å². The number of hydrogen-bond donors (Lipinski definition) is 0. The third-order valence-corrected chi connectivity index (χ3v) is 1.89. The third-order valence-electron chi connectivity index (χ3n) is 1.89. The zero-order valence-electron chi connectivity index (χ0n) is 8.16. The molecule has 0 fully saturated rings. The molecule has 0 bridgehead atoms. The van der Waals surface area contributed by atoms with Crippen LogP contribution in [0.5, 0.6) is 0 Å². The minimum atomic E-state index is 1.06. The summed E-state index contributed by atoms with van der Waals surface area (Å²) in [5, 5.41) is 0. The maximum Gasteiger partial charge on any atom is -0.0257 e. The molecule has 13 heavy (non-hydrogen) atoms. The van der Waals surface area contributed by atoms with Crippen LogP contribution in [0, 0.1) is 6.92 Å². The lowest BCUT2D eigenvalue weighted by Gasteiger charge is -1.94. The van der Waals surface area contributed by atoms with Crippen LogP contribution in [0.15, 0.2) is 43.0 Å². The van der Waals surface area contributed by atoms with Crippen molar-refractivity contribution < 1.29 is 0 Å². The summed E-state index contributed by atoms with van der Waals surface area (Å²) >= 11 is 0. The first-order valence-electron chi connectivity index (χ1n) is 4.67. The van der Waals surface area contributed by atoms with Crippen LogP contribution in [-0.4, -0.2) is 0 Å². The van der Waals surface area contributed by atoms with Crippen LogP contribution < -0.4 is 0 Å². The highest BCUT2D eigenvalue weighted by molar-refractivity contribution is 5.49. The van der Waals surface area contributed by atoms with Gasteiger partial charge in [-0.05, 0) is 25.3 Å². The molecule has 68 valence electrons. The van der Waals surface area contributed by atoms with Gasteiger partial charge in [0.2, 0.25) is 0 Å². The molecule has 1 aromatic carbocycles. The summed E-state index contributed by atoms with van der Waals surface area (Å²) in [6, 6.07) is 8.51. The molecule has 0 saturated carbocycles. The Labute approximate surface area is 80.6 Å². The fourth-order valence-corrected chi connectivity index (χ4v) is 1.21. The second-order valence-corrected chi connectivity index (χ2v) is 3.18. The van der Waals surface area contributed by atoms with E-state index in [9.17, 15) is 0 Å². The van der Waals surface area contributed by atoms with Crippen molar-refractivity contribution in [2.24, 2.45) is 0 Å². The Morgan fingerprint density at radius 2 is 2.15 bits per heavy atom. The van der Waals surface area contributed by atoms with Gasteiger partial charge in [0.25, 0.3) is 0 Å². The monoisotopic (exact) mass is 172 g/mol. The quantitative estimate of drug-likeness (QED) is 0.476. The number of benzene rings is 1. The molecule has 0 aliphatic heterocycles. The molecule has 0 N–H and O–H groups in total. The number of unbranched alkanes of at least 4 members (excludes halogenated alkanes) is 1. The van der Waals surface area contributed by atoms with Gasteiger partial charge in [0, 0.05) is 0 Å². The van der Waals surface area contributed by atoms with Gasteiger partial charge in [-0.25, -0.2) is 0 Å². The van der Waals surface area contributed by atoms with Gasteiger partial charge in [-0.3, -0.25) is 0 Å². The fourth-order valence-electron chi connectivity index (χ4n) is 1.21. The molecule has 0 unspecified atom stereocenters. The minimum Gasteiger partial charge on any atom is -0.103 e. The lowest BCUT2D eigenvalue weighted by Crippen LogP contribution is -1.74. The molecule has 0 heteroatoms. The van der Waals surface area contributed by atoms with Gasteiger partial charge in [0.05, 0.1) is 0 Å². The van der Waals surface area contributed by atoms with Crippen molar-refractivity contribution in [1.82, 2.24) is 0 Å². The van der Waals surface area contributed by atoms with Gasteiger partial charge in [0.1, 0.15) is 0 Å². The van der Waals surface area contributed by atoms with Crippen molar-refractivity contribution in [3.8, 4) is 0 Å². The highest BCUT2D eigenvalue weighted by atomic mass is 13.9. The van der Waals surface area contributed by atoms with Crippen LogP contribution in [0.2, 0.25) is 0 Å².